The van der Waals surface area contributed by atoms with Crippen LogP contribution in [-0.2, 0) is 22.2 Å². The summed E-state index contributed by atoms with van der Waals surface area (Å²) in [7, 11) is 0. The molecule has 5 nitrogen and oxygen atoms in total. The van der Waals surface area contributed by atoms with Crippen LogP contribution in [0.5, 0.6) is 0 Å². The molecule has 180 valence electrons. The first kappa shape index (κ1) is 25.6. The number of carboxylic acid groups (broad SMARTS) is 1. The van der Waals surface area contributed by atoms with Gasteiger partial charge in [-0.1, -0.05) is 42.8 Å². The highest BCUT2D eigenvalue weighted by Crippen LogP contribution is 2.35. The maximum Gasteiger partial charge on any atom is 0.417 e. The van der Waals surface area contributed by atoms with Crippen LogP contribution in [0.4, 0.5) is 13.2 Å². The molecule has 1 aromatic rings. The molecule has 1 N–H and O–H groups in total. The van der Waals surface area contributed by atoms with Gasteiger partial charge in [0.1, 0.15) is 0 Å². The molecular formula is C23H26ClF3N2O3S. The average Bonchev–Trinajstić information content (AvgIpc) is 2.73. The third-order valence-electron chi connectivity index (χ3n) is 5.83. The number of carboxylic acids is 1. The first-order valence-electron chi connectivity index (χ1n) is 10.7. The van der Waals surface area contributed by atoms with Crippen molar-refractivity contribution in [3.8, 4) is 0 Å². The van der Waals surface area contributed by atoms with E-state index in [0.29, 0.717) is 44.1 Å². The quantitative estimate of drug-likeness (QED) is 0.515. The van der Waals surface area contributed by atoms with Crippen molar-refractivity contribution in [2.24, 2.45) is 11.8 Å². The molecule has 33 heavy (non-hydrogen) atoms. The van der Waals surface area contributed by atoms with Gasteiger partial charge < -0.3 is 10.0 Å². The van der Waals surface area contributed by atoms with Gasteiger partial charge >= 0.3 is 12.1 Å². The maximum atomic E-state index is 12.9. The minimum absolute atomic E-state index is 0.00202. The molecule has 2 unspecified atom stereocenters. The first-order valence-corrected chi connectivity index (χ1v) is 11.9. The van der Waals surface area contributed by atoms with Crippen molar-refractivity contribution >= 4 is 35.4 Å². The fourth-order valence-corrected chi connectivity index (χ4v) is 5.20. The van der Waals surface area contributed by atoms with Crippen LogP contribution < -0.4 is 0 Å². The molecule has 0 bridgehead atoms. The first-order chi connectivity index (χ1) is 15.5. The van der Waals surface area contributed by atoms with Gasteiger partial charge in [0.2, 0.25) is 5.91 Å². The highest BCUT2D eigenvalue weighted by Gasteiger charge is 2.33. The van der Waals surface area contributed by atoms with Crippen LogP contribution in [0.15, 0.2) is 41.3 Å². The molecule has 0 spiro atoms. The molecule has 10 heteroatoms. The summed E-state index contributed by atoms with van der Waals surface area (Å²) in [6, 6.07) is 3.41. The second-order valence-electron chi connectivity index (χ2n) is 8.27. The largest absolute Gasteiger partial charge is 0.481 e. The zero-order valence-corrected chi connectivity index (χ0v) is 19.7. The molecule has 1 saturated heterocycles. The van der Waals surface area contributed by atoms with E-state index in [1.807, 2.05) is 0 Å². The number of amides is 1. The number of hydrogen-bond donors (Lipinski definition) is 1. The molecule has 1 aliphatic carbocycles. The zero-order valence-electron chi connectivity index (χ0n) is 18.1. The van der Waals surface area contributed by atoms with E-state index in [4.69, 9.17) is 16.7 Å². The molecule has 1 fully saturated rings. The van der Waals surface area contributed by atoms with Gasteiger partial charge in [0.15, 0.2) is 0 Å². The van der Waals surface area contributed by atoms with Gasteiger partial charge in [-0.25, -0.2) is 4.31 Å². The fraction of sp³-hybridized carbons (Fsp3) is 0.478. The Labute approximate surface area is 200 Å². The van der Waals surface area contributed by atoms with Crippen molar-refractivity contribution in [2.45, 2.75) is 32.4 Å². The number of alkyl halides is 3. The van der Waals surface area contributed by atoms with Gasteiger partial charge in [-0.3, -0.25) is 9.59 Å². The second kappa shape index (κ2) is 11.0. The van der Waals surface area contributed by atoms with E-state index in [0.717, 1.165) is 11.0 Å². The number of aliphatic carboxylic acids is 1. The van der Waals surface area contributed by atoms with Crippen molar-refractivity contribution < 1.29 is 27.9 Å². The summed E-state index contributed by atoms with van der Waals surface area (Å²) in [6.45, 7) is 4.44. The minimum atomic E-state index is -4.52. The summed E-state index contributed by atoms with van der Waals surface area (Å²) >= 11 is 7.36. The van der Waals surface area contributed by atoms with Gasteiger partial charge in [-0.2, -0.15) is 13.2 Å². The molecule has 1 aromatic carbocycles. The Kier molecular flexibility index (Phi) is 8.53. The van der Waals surface area contributed by atoms with E-state index in [1.54, 1.807) is 16.8 Å². The summed E-state index contributed by atoms with van der Waals surface area (Å²) in [4.78, 5) is 26.3. The Morgan fingerprint density at radius 1 is 1.21 bits per heavy atom. The predicted octanol–water partition coefficient (Wildman–Crippen LogP) is 5.26. The van der Waals surface area contributed by atoms with Crippen LogP contribution in [0.1, 0.15) is 30.9 Å². The van der Waals surface area contributed by atoms with Crippen molar-refractivity contribution in [3.05, 3.63) is 57.5 Å². The summed E-state index contributed by atoms with van der Waals surface area (Å²) in [5.41, 5.74) is -0.453. The average molecular weight is 503 g/mol. The lowest BCUT2D eigenvalue weighted by molar-refractivity contribution is -0.138. The summed E-state index contributed by atoms with van der Waals surface area (Å²) in [6.07, 6.45) is 2.50. The molecule has 1 amide bonds. The normalized spacial score (nSPS) is 21.7. The van der Waals surface area contributed by atoms with Gasteiger partial charge in [-0.15, -0.1) is 0 Å². The Morgan fingerprint density at radius 3 is 2.52 bits per heavy atom. The Hall–Kier alpha value is -1.97. The molecule has 0 radical (unpaired) electrons. The second-order valence-corrected chi connectivity index (χ2v) is 9.85. The smallest absolute Gasteiger partial charge is 0.417 e. The molecule has 2 atom stereocenters. The summed E-state index contributed by atoms with van der Waals surface area (Å²) < 4.78 is 40.7. The number of rotatable bonds is 7. The number of halogens is 4. The van der Waals surface area contributed by atoms with E-state index < -0.39 is 22.7 Å². The standard InChI is InChI=1S/C23H26ClF3N2O3S/c1-15-2-5-18(14-17(15)4-7-22(31)32)33-29-10-8-28(9-11-29)21(30)13-16-3-6-19(20(24)12-16)23(25,26)27/h2-3,5-6,12,14-15,17H,4,7-11,13H2,1H3,(H,31,32). The van der Waals surface area contributed by atoms with E-state index in [9.17, 15) is 22.8 Å². The van der Waals surface area contributed by atoms with Gasteiger partial charge in [0.05, 0.1) is 17.0 Å². The van der Waals surface area contributed by atoms with E-state index in [1.165, 1.54) is 12.1 Å². The maximum absolute atomic E-state index is 12.9. The SMILES string of the molecule is CC1C=CC(SN2CCN(C(=O)Cc3ccc(C(F)(F)F)c(Cl)c3)CC2)=CC1CCC(=O)O. The molecule has 3 rings (SSSR count). The topological polar surface area (TPSA) is 60.9 Å². The van der Waals surface area contributed by atoms with Crippen LogP contribution in [0.25, 0.3) is 0 Å². The number of allylic oxidation sites excluding steroid dienone is 3. The predicted molar refractivity (Wildman–Crippen MR) is 123 cm³/mol. The monoisotopic (exact) mass is 502 g/mol. The zero-order chi connectivity index (χ0) is 24.2. The molecule has 0 saturated carbocycles. The third kappa shape index (κ3) is 7.25. The van der Waals surface area contributed by atoms with Crippen molar-refractivity contribution in [3.63, 3.8) is 0 Å². The van der Waals surface area contributed by atoms with Crippen LogP contribution in [0.3, 0.4) is 0 Å². The number of carbonyl (C=O) groups is 2. The van der Waals surface area contributed by atoms with E-state index in [-0.39, 0.29) is 24.7 Å². The number of carbonyl (C=O) groups excluding carboxylic acids is 1. The highest BCUT2D eigenvalue weighted by atomic mass is 35.5. The van der Waals surface area contributed by atoms with E-state index >= 15 is 0 Å². The molecule has 2 aliphatic rings. The molecule has 0 aromatic heterocycles. The fourth-order valence-electron chi connectivity index (χ4n) is 3.87. The van der Waals surface area contributed by atoms with Crippen LogP contribution in [0, 0.1) is 11.8 Å². The molecule has 1 heterocycles. The number of nitrogens with zero attached hydrogens (tertiary/aromatic N) is 2. The number of benzene rings is 1. The third-order valence-corrected chi connectivity index (χ3v) is 7.25. The summed E-state index contributed by atoms with van der Waals surface area (Å²) in [5.74, 6) is -0.456. The Morgan fingerprint density at radius 2 is 1.91 bits per heavy atom. The van der Waals surface area contributed by atoms with Crippen molar-refractivity contribution in [2.75, 3.05) is 26.2 Å². The Balaban J connectivity index is 1.50. The van der Waals surface area contributed by atoms with Crippen molar-refractivity contribution in [1.29, 1.82) is 0 Å². The van der Waals surface area contributed by atoms with Gasteiger partial charge in [0.25, 0.3) is 0 Å². The highest BCUT2D eigenvalue weighted by molar-refractivity contribution is 8.01. The van der Waals surface area contributed by atoms with Crippen LogP contribution >= 0.6 is 23.5 Å². The lowest BCUT2D eigenvalue weighted by atomic mass is 9.86. The minimum Gasteiger partial charge on any atom is -0.481 e. The van der Waals surface area contributed by atoms with Crippen molar-refractivity contribution in [1.82, 2.24) is 9.21 Å². The number of piperazine rings is 1. The summed E-state index contributed by atoms with van der Waals surface area (Å²) in [5, 5.41) is 8.54. The lowest BCUT2D eigenvalue weighted by Gasteiger charge is -2.34. The molecule has 1 aliphatic heterocycles. The Bertz CT molecular complexity index is 943. The molecular weight excluding hydrogens is 477 g/mol. The lowest BCUT2D eigenvalue weighted by Crippen LogP contribution is -2.46. The number of hydrogen-bond acceptors (Lipinski definition) is 4. The van der Waals surface area contributed by atoms with Gasteiger partial charge in [0, 0.05) is 37.5 Å². The van der Waals surface area contributed by atoms with Crippen LogP contribution in [-0.4, -0.2) is 52.4 Å². The van der Waals surface area contributed by atoms with E-state index in [2.05, 4.69) is 29.5 Å². The van der Waals surface area contributed by atoms with Gasteiger partial charge in [-0.05, 0) is 47.9 Å². The van der Waals surface area contributed by atoms with Crippen LogP contribution in [0.2, 0.25) is 5.02 Å².